The summed E-state index contributed by atoms with van der Waals surface area (Å²) in [5.41, 5.74) is 1.75. The molecule has 1 atom stereocenters. The average molecular weight is 367 g/mol. The van der Waals surface area contributed by atoms with Crippen molar-refractivity contribution in [3.05, 3.63) is 59.7 Å². The summed E-state index contributed by atoms with van der Waals surface area (Å²) in [6, 6.07) is 16.0. The van der Waals surface area contributed by atoms with E-state index in [2.05, 4.69) is 24.4 Å². The van der Waals surface area contributed by atoms with Crippen molar-refractivity contribution in [2.45, 2.75) is 50.5 Å². The molecule has 1 aliphatic carbocycles. The van der Waals surface area contributed by atoms with Crippen LogP contribution in [0.4, 0.5) is 0 Å². The Balaban J connectivity index is 1.86. The Bertz CT molecular complexity index is 766. The smallest absolute Gasteiger partial charge is 0.231 e. The van der Waals surface area contributed by atoms with E-state index < -0.39 is 5.41 Å². The van der Waals surface area contributed by atoms with Crippen molar-refractivity contribution >= 4 is 5.91 Å². The van der Waals surface area contributed by atoms with Gasteiger partial charge in [-0.05, 0) is 42.5 Å². The van der Waals surface area contributed by atoms with Crippen LogP contribution >= 0.6 is 0 Å². The lowest BCUT2D eigenvalue weighted by atomic mass is 9.77. The second-order valence-electron chi connectivity index (χ2n) is 7.20. The monoisotopic (exact) mass is 367 g/mol. The van der Waals surface area contributed by atoms with Crippen LogP contribution in [0.3, 0.4) is 0 Å². The van der Waals surface area contributed by atoms with Crippen molar-refractivity contribution in [2.24, 2.45) is 0 Å². The lowest BCUT2D eigenvalue weighted by Gasteiger charge is -2.31. The highest BCUT2D eigenvalue weighted by atomic mass is 16.5. The molecule has 1 aliphatic rings. The van der Waals surface area contributed by atoms with Crippen LogP contribution in [0.25, 0.3) is 0 Å². The van der Waals surface area contributed by atoms with Gasteiger partial charge in [-0.25, -0.2) is 0 Å². The van der Waals surface area contributed by atoms with E-state index in [1.807, 2.05) is 36.4 Å². The Morgan fingerprint density at radius 1 is 1.04 bits per heavy atom. The number of carbonyl (C=O) groups excluding carboxylic acids is 1. The zero-order chi connectivity index (χ0) is 19.3. The highest BCUT2D eigenvalue weighted by Gasteiger charge is 2.43. The van der Waals surface area contributed by atoms with Crippen LogP contribution in [0.2, 0.25) is 0 Å². The van der Waals surface area contributed by atoms with Crippen LogP contribution in [0.5, 0.6) is 11.5 Å². The molecule has 1 fully saturated rings. The molecule has 0 saturated heterocycles. The summed E-state index contributed by atoms with van der Waals surface area (Å²) in [5, 5.41) is 3.32. The first-order valence-electron chi connectivity index (χ1n) is 9.73. The Labute approximate surface area is 161 Å². The Kier molecular flexibility index (Phi) is 6.04. The maximum absolute atomic E-state index is 13.4. The van der Waals surface area contributed by atoms with E-state index in [0.717, 1.165) is 43.2 Å². The lowest BCUT2D eigenvalue weighted by Crippen LogP contribution is -2.44. The summed E-state index contributed by atoms with van der Waals surface area (Å²) < 4.78 is 10.8. The largest absolute Gasteiger partial charge is 0.493 e. The van der Waals surface area contributed by atoms with Crippen molar-refractivity contribution in [3.63, 3.8) is 0 Å². The van der Waals surface area contributed by atoms with Gasteiger partial charge in [0, 0.05) is 0 Å². The quantitative estimate of drug-likeness (QED) is 0.766. The average Bonchev–Trinajstić information content (AvgIpc) is 3.23. The Morgan fingerprint density at radius 3 is 2.30 bits per heavy atom. The first-order valence-corrected chi connectivity index (χ1v) is 9.73. The number of amides is 1. The van der Waals surface area contributed by atoms with Crippen molar-refractivity contribution in [2.75, 3.05) is 14.2 Å². The molecule has 0 aromatic heterocycles. The normalized spacial score (nSPS) is 16.6. The van der Waals surface area contributed by atoms with E-state index in [9.17, 15) is 4.79 Å². The molecule has 4 nitrogen and oxygen atoms in total. The molecule has 0 unspecified atom stereocenters. The van der Waals surface area contributed by atoms with Gasteiger partial charge in [0.1, 0.15) is 0 Å². The number of hydrogen-bond acceptors (Lipinski definition) is 3. The van der Waals surface area contributed by atoms with E-state index in [-0.39, 0.29) is 11.9 Å². The molecule has 0 aliphatic heterocycles. The minimum atomic E-state index is -0.411. The van der Waals surface area contributed by atoms with E-state index in [1.54, 1.807) is 14.2 Å². The van der Waals surface area contributed by atoms with E-state index in [4.69, 9.17) is 9.47 Å². The number of methoxy groups -OCH3 is 2. The number of rotatable bonds is 7. The fourth-order valence-corrected chi connectivity index (χ4v) is 4.17. The maximum atomic E-state index is 13.4. The third-order valence-electron chi connectivity index (χ3n) is 5.74. The molecule has 2 aromatic carbocycles. The minimum Gasteiger partial charge on any atom is -0.493 e. The van der Waals surface area contributed by atoms with Gasteiger partial charge >= 0.3 is 0 Å². The second kappa shape index (κ2) is 8.47. The number of nitrogens with one attached hydrogen (secondary N) is 1. The fourth-order valence-electron chi connectivity index (χ4n) is 4.17. The van der Waals surface area contributed by atoms with Gasteiger partial charge in [0.2, 0.25) is 5.91 Å². The zero-order valence-electron chi connectivity index (χ0n) is 16.5. The van der Waals surface area contributed by atoms with Gasteiger partial charge in [-0.2, -0.15) is 0 Å². The summed E-state index contributed by atoms with van der Waals surface area (Å²) in [6.07, 6.45) is 4.81. The van der Waals surface area contributed by atoms with Crippen molar-refractivity contribution < 1.29 is 14.3 Å². The van der Waals surface area contributed by atoms with Crippen LogP contribution in [0, 0.1) is 0 Å². The summed E-state index contributed by atoms with van der Waals surface area (Å²) >= 11 is 0. The molecule has 27 heavy (non-hydrogen) atoms. The van der Waals surface area contributed by atoms with Gasteiger partial charge in [0.25, 0.3) is 0 Å². The Hall–Kier alpha value is -2.49. The highest BCUT2D eigenvalue weighted by Crippen LogP contribution is 2.42. The summed E-state index contributed by atoms with van der Waals surface area (Å²) in [7, 11) is 3.25. The molecule has 2 aromatic rings. The molecule has 1 amide bonds. The van der Waals surface area contributed by atoms with Crippen molar-refractivity contribution in [1.82, 2.24) is 5.32 Å². The third-order valence-corrected chi connectivity index (χ3v) is 5.74. The van der Waals surface area contributed by atoms with Crippen LogP contribution in [-0.2, 0) is 10.2 Å². The predicted octanol–water partition coefficient (Wildman–Crippen LogP) is 4.78. The van der Waals surface area contributed by atoms with E-state index >= 15 is 0 Å². The van der Waals surface area contributed by atoms with Gasteiger partial charge in [-0.3, -0.25) is 4.79 Å². The Morgan fingerprint density at radius 2 is 1.70 bits per heavy atom. The summed E-state index contributed by atoms with van der Waals surface area (Å²) in [4.78, 5) is 13.4. The second-order valence-corrected chi connectivity index (χ2v) is 7.20. The standard InChI is InChI=1S/C23H29NO3/c1-4-19(17-12-13-20(26-2)21(16-17)27-3)24-22(25)23(14-8-9-15-23)18-10-6-5-7-11-18/h5-7,10-13,16,19H,4,8-9,14-15H2,1-3H3,(H,24,25)/t19-/m1/s1. The van der Waals surface area contributed by atoms with Crippen LogP contribution in [-0.4, -0.2) is 20.1 Å². The number of hydrogen-bond donors (Lipinski definition) is 1. The fraction of sp³-hybridized carbons (Fsp3) is 0.435. The molecule has 1 saturated carbocycles. The molecule has 1 N–H and O–H groups in total. The van der Waals surface area contributed by atoms with Crippen molar-refractivity contribution in [1.29, 1.82) is 0 Å². The summed E-state index contributed by atoms with van der Waals surface area (Å²) in [5.74, 6) is 1.51. The van der Waals surface area contributed by atoms with E-state index in [0.29, 0.717) is 11.5 Å². The molecule has 3 rings (SSSR count). The van der Waals surface area contributed by atoms with Gasteiger partial charge in [0.15, 0.2) is 11.5 Å². The minimum absolute atomic E-state index is 0.0570. The zero-order valence-corrected chi connectivity index (χ0v) is 16.5. The molecule has 0 heterocycles. The molecule has 144 valence electrons. The third kappa shape index (κ3) is 3.80. The molecule has 0 radical (unpaired) electrons. The van der Waals surface area contributed by atoms with Crippen molar-refractivity contribution in [3.8, 4) is 11.5 Å². The van der Waals surface area contributed by atoms with Crippen LogP contribution in [0.15, 0.2) is 48.5 Å². The van der Waals surface area contributed by atoms with Gasteiger partial charge < -0.3 is 14.8 Å². The number of benzene rings is 2. The molecular weight excluding hydrogens is 338 g/mol. The SMILES string of the molecule is CC[C@@H](NC(=O)C1(c2ccccc2)CCCC1)c1ccc(OC)c(OC)c1. The predicted molar refractivity (Wildman–Crippen MR) is 107 cm³/mol. The molecular formula is C23H29NO3. The van der Waals surface area contributed by atoms with Gasteiger partial charge in [0.05, 0.1) is 25.7 Å². The van der Waals surface area contributed by atoms with Gasteiger partial charge in [-0.15, -0.1) is 0 Å². The highest BCUT2D eigenvalue weighted by molar-refractivity contribution is 5.89. The van der Waals surface area contributed by atoms with Gasteiger partial charge in [-0.1, -0.05) is 56.2 Å². The maximum Gasteiger partial charge on any atom is 0.231 e. The molecule has 0 bridgehead atoms. The number of carbonyl (C=O) groups is 1. The first kappa shape index (κ1) is 19.3. The van der Waals surface area contributed by atoms with Crippen LogP contribution < -0.4 is 14.8 Å². The molecule has 4 heteroatoms. The summed E-state index contributed by atoms with van der Waals surface area (Å²) in [6.45, 7) is 2.09. The lowest BCUT2D eigenvalue weighted by molar-refractivity contribution is -0.127. The first-order chi connectivity index (χ1) is 13.1. The topological polar surface area (TPSA) is 47.6 Å². The van der Waals surface area contributed by atoms with Crippen LogP contribution in [0.1, 0.15) is 56.2 Å². The molecule has 0 spiro atoms. The van der Waals surface area contributed by atoms with E-state index in [1.165, 1.54) is 0 Å². The number of ether oxygens (including phenoxy) is 2.